The first-order valence-electron chi connectivity index (χ1n) is 5.81. The zero-order chi connectivity index (χ0) is 14.9. The lowest BCUT2D eigenvalue weighted by molar-refractivity contribution is 0.102. The normalized spacial score (nSPS) is 11.3. The maximum atomic E-state index is 12.2. The molecule has 0 bridgehead atoms. The van der Waals surface area contributed by atoms with Crippen molar-refractivity contribution in [2.45, 2.75) is 18.7 Å². The fourth-order valence-corrected chi connectivity index (χ4v) is 2.98. The van der Waals surface area contributed by atoms with Crippen LogP contribution >= 0.6 is 11.3 Å². The minimum absolute atomic E-state index is 0.128. The van der Waals surface area contributed by atoms with Gasteiger partial charge in [-0.25, -0.2) is 13.4 Å². The van der Waals surface area contributed by atoms with Gasteiger partial charge in [-0.05, 0) is 31.5 Å². The predicted octanol–water partition coefficient (Wildman–Crippen LogP) is 2.42. The molecule has 20 heavy (non-hydrogen) atoms. The highest BCUT2D eigenvalue weighted by atomic mass is 32.2. The minimum atomic E-state index is -3.34. The third-order valence-electron chi connectivity index (χ3n) is 2.72. The number of aryl methyl sites for hydroxylation is 2. The van der Waals surface area contributed by atoms with Crippen LogP contribution in [0, 0.1) is 13.8 Å². The number of aromatic nitrogens is 1. The second-order valence-corrected chi connectivity index (χ2v) is 7.37. The van der Waals surface area contributed by atoms with Crippen LogP contribution in [0.5, 0.6) is 0 Å². The van der Waals surface area contributed by atoms with E-state index in [0.717, 1.165) is 11.9 Å². The van der Waals surface area contributed by atoms with Gasteiger partial charge in [0.15, 0.2) is 15.0 Å². The predicted molar refractivity (Wildman–Crippen MR) is 79.1 cm³/mol. The van der Waals surface area contributed by atoms with Gasteiger partial charge in [0.05, 0.1) is 10.6 Å². The van der Waals surface area contributed by atoms with E-state index in [-0.39, 0.29) is 10.8 Å². The molecule has 0 aliphatic heterocycles. The number of thiazole rings is 1. The molecule has 0 aliphatic rings. The van der Waals surface area contributed by atoms with Gasteiger partial charge < -0.3 is 0 Å². The number of amides is 1. The molecule has 0 atom stereocenters. The van der Waals surface area contributed by atoms with Crippen molar-refractivity contribution in [2.24, 2.45) is 0 Å². The molecule has 1 heterocycles. The molecule has 0 aliphatic carbocycles. The van der Waals surface area contributed by atoms with Gasteiger partial charge >= 0.3 is 0 Å². The quantitative estimate of drug-likeness (QED) is 0.944. The Morgan fingerprint density at radius 2 is 2.00 bits per heavy atom. The van der Waals surface area contributed by atoms with Crippen LogP contribution < -0.4 is 5.32 Å². The SMILES string of the molecule is Cc1csc(NC(=O)c2cc(S(C)(=O)=O)ccc2C)n1. The Morgan fingerprint density at radius 1 is 1.30 bits per heavy atom. The number of hydrogen-bond donors (Lipinski definition) is 1. The molecule has 7 heteroatoms. The summed E-state index contributed by atoms with van der Waals surface area (Å²) >= 11 is 1.33. The first-order chi connectivity index (χ1) is 9.27. The van der Waals surface area contributed by atoms with Crippen LogP contribution in [0.25, 0.3) is 0 Å². The van der Waals surface area contributed by atoms with Crippen molar-refractivity contribution in [3.8, 4) is 0 Å². The summed E-state index contributed by atoms with van der Waals surface area (Å²) in [4.78, 5) is 16.5. The molecule has 0 radical (unpaired) electrons. The highest BCUT2D eigenvalue weighted by Gasteiger charge is 2.15. The third kappa shape index (κ3) is 3.23. The Labute approximate surface area is 121 Å². The second-order valence-electron chi connectivity index (χ2n) is 4.50. The monoisotopic (exact) mass is 310 g/mol. The van der Waals surface area contributed by atoms with Crippen molar-refractivity contribution in [1.82, 2.24) is 4.98 Å². The molecule has 0 fully saturated rings. The molecule has 0 saturated heterocycles. The number of carbonyl (C=O) groups excluding carboxylic acids is 1. The topological polar surface area (TPSA) is 76.1 Å². The van der Waals surface area contributed by atoms with E-state index in [1.54, 1.807) is 13.0 Å². The molecule has 106 valence electrons. The summed E-state index contributed by atoms with van der Waals surface area (Å²) in [5.74, 6) is -0.359. The third-order valence-corrected chi connectivity index (χ3v) is 4.71. The first kappa shape index (κ1) is 14.7. The smallest absolute Gasteiger partial charge is 0.257 e. The van der Waals surface area contributed by atoms with Crippen LogP contribution in [-0.4, -0.2) is 25.6 Å². The van der Waals surface area contributed by atoms with E-state index in [1.807, 2.05) is 12.3 Å². The molecule has 5 nitrogen and oxygen atoms in total. The molecule has 0 saturated carbocycles. The van der Waals surface area contributed by atoms with Gasteiger partial charge in [-0.2, -0.15) is 0 Å². The average Bonchev–Trinajstić information content (AvgIpc) is 2.73. The van der Waals surface area contributed by atoms with Crippen LogP contribution in [-0.2, 0) is 9.84 Å². The Bertz CT molecular complexity index is 764. The van der Waals surface area contributed by atoms with Crippen molar-refractivity contribution < 1.29 is 13.2 Å². The van der Waals surface area contributed by atoms with E-state index < -0.39 is 9.84 Å². The number of carbonyl (C=O) groups is 1. The molecule has 1 N–H and O–H groups in total. The van der Waals surface area contributed by atoms with Crippen LogP contribution in [0.15, 0.2) is 28.5 Å². The summed E-state index contributed by atoms with van der Waals surface area (Å²) in [7, 11) is -3.34. The molecule has 0 unspecified atom stereocenters. The average molecular weight is 310 g/mol. The van der Waals surface area contributed by atoms with Crippen molar-refractivity contribution in [3.63, 3.8) is 0 Å². The number of hydrogen-bond acceptors (Lipinski definition) is 5. The van der Waals surface area contributed by atoms with Crippen LogP contribution in [0.2, 0.25) is 0 Å². The van der Waals surface area contributed by atoms with E-state index in [2.05, 4.69) is 10.3 Å². The van der Waals surface area contributed by atoms with Crippen molar-refractivity contribution >= 4 is 32.2 Å². The van der Waals surface area contributed by atoms with Crippen molar-refractivity contribution in [1.29, 1.82) is 0 Å². The lowest BCUT2D eigenvalue weighted by Crippen LogP contribution is -2.14. The first-order valence-corrected chi connectivity index (χ1v) is 8.58. The van der Waals surface area contributed by atoms with E-state index >= 15 is 0 Å². The summed E-state index contributed by atoms with van der Waals surface area (Å²) < 4.78 is 23.1. The van der Waals surface area contributed by atoms with E-state index in [1.165, 1.54) is 23.5 Å². The lowest BCUT2D eigenvalue weighted by Gasteiger charge is -2.07. The molecular weight excluding hydrogens is 296 g/mol. The van der Waals surface area contributed by atoms with Gasteiger partial charge in [-0.15, -0.1) is 11.3 Å². The maximum Gasteiger partial charge on any atom is 0.257 e. The highest BCUT2D eigenvalue weighted by molar-refractivity contribution is 7.90. The van der Waals surface area contributed by atoms with Gasteiger partial charge in [0.1, 0.15) is 0 Å². The molecule has 1 aromatic heterocycles. The number of rotatable bonds is 3. The van der Waals surface area contributed by atoms with Gasteiger partial charge in [-0.1, -0.05) is 6.07 Å². The largest absolute Gasteiger partial charge is 0.298 e. The zero-order valence-corrected chi connectivity index (χ0v) is 12.9. The molecule has 2 rings (SSSR count). The highest BCUT2D eigenvalue weighted by Crippen LogP contribution is 2.19. The number of nitrogens with zero attached hydrogens (tertiary/aromatic N) is 1. The fraction of sp³-hybridized carbons (Fsp3) is 0.231. The molecule has 1 aromatic carbocycles. The number of sulfone groups is 1. The fourth-order valence-electron chi connectivity index (χ4n) is 1.65. The summed E-state index contributed by atoms with van der Waals surface area (Å²) in [6.07, 6.45) is 1.11. The molecule has 2 aromatic rings. The molecule has 1 amide bonds. The lowest BCUT2D eigenvalue weighted by atomic mass is 10.1. The van der Waals surface area contributed by atoms with Crippen molar-refractivity contribution in [2.75, 3.05) is 11.6 Å². The van der Waals surface area contributed by atoms with Gasteiger partial charge in [0.25, 0.3) is 5.91 Å². The Balaban J connectivity index is 2.34. The summed E-state index contributed by atoms with van der Waals surface area (Å²) in [5.41, 5.74) is 1.87. The van der Waals surface area contributed by atoms with E-state index in [0.29, 0.717) is 16.3 Å². The Morgan fingerprint density at radius 3 is 2.55 bits per heavy atom. The molecular formula is C13H14N2O3S2. The second kappa shape index (κ2) is 5.34. The van der Waals surface area contributed by atoms with E-state index in [9.17, 15) is 13.2 Å². The molecule has 0 spiro atoms. The Kier molecular flexibility index (Phi) is 3.92. The number of nitrogens with one attached hydrogen (secondary N) is 1. The standard InChI is InChI=1S/C13H14N2O3S2/c1-8-4-5-10(20(3,17)18)6-11(8)12(16)15-13-14-9(2)7-19-13/h4-7H,1-3H3,(H,14,15,16). The van der Waals surface area contributed by atoms with Gasteiger partial charge in [0, 0.05) is 17.2 Å². The van der Waals surface area contributed by atoms with Crippen LogP contribution in [0.1, 0.15) is 21.6 Å². The van der Waals surface area contributed by atoms with Gasteiger partial charge in [0.2, 0.25) is 0 Å². The number of anilines is 1. The number of benzene rings is 1. The van der Waals surface area contributed by atoms with Crippen LogP contribution in [0.3, 0.4) is 0 Å². The summed E-state index contributed by atoms with van der Waals surface area (Å²) in [6.45, 7) is 3.59. The summed E-state index contributed by atoms with van der Waals surface area (Å²) in [5, 5.41) is 5.00. The minimum Gasteiger partial charge on any atom is -0.298 e. The van der Waals surface area contributed by atoms with Crippen molar-refractivity contribution in [3.05, 3.63) is 40.4 Å². The maximum absolute atomic E-state index is 12.2. The Hall–Kier alpha value is -1.73. The zero-order valence-electron chi connectivity index (χ0n) is 11.3. The van der Waals surface area contributed by atoms with Gasteiger partial charge in [-0.3, -0.25) is 10.1 Å². The summed E-state index contributed by atoms with van der Waals surface area (Å²) in [6, 6.07) is 4.51. The van der Waals surface area contributed by atoms with Crippen LogP contribution in [0.4, 0.5) is 5.13 Å². The van der Waals surface area contributed by atoms with E-state index in [4.69, 9.17) is 0 Å².